The van der Waals surface area contributed by atoms with Crippen LogP contribution in [0.5, 0.6) is 11.5 Å². The lowest BCUT2D eigenvalue weighted by molar-refractivity contribution is -0.137. The van der Waals surface area contributed by atoms with Crippen LogP contribution in [-0.4, -0.2) is 20.3 Å². The van der Waals surface area contributed by atoms with Crippen LogP contribution in [0.1, 0.15) is 29.7 Å². The van der Waals surface area contributed by atoms with Gasteiger partial charge in [-0.2, -0.15) is 13.2 Å². The smallest absolute Gasteiger partial charge is 0.416 e. The van der Waals surface area contributed by atoms with Crippen molar-refractivity contribution < 1.29 is 27.4 Å². The van der Waals surface area contributed by atoms with E-state index < -0.39 is 23.8 Å². The van der Waals surface area contributed by atoms with Crippen molar-refractivity contribution in [3.05, 3.63) is 59.2 Å². The first-order chi connectivity index (χ1) is 12.7. The van der Waals surface area contributed by atoms with Crippen molar-refractivity contribution in [2.75, 3.05) is 14.2 Å². The van der Waals surface area contributed by atoms with Crippen LogP contribution in [0.2, 0.25) is 0 Å². The molecule has 0 aliphatic rings. The van der Waals surface area contributed by atoms with E-state index in [-0.39, 0.29) is 6.54 Å². The van der Waals surface area contributed by atoms with Gasteiger partial charge in [-0.05, 0) is 42.3 Å². The number of urea groups is 1. The number of rotatable bonds is 6. The first-order valence-corrected chi connectivity index (χ1v) is 8.17. The molecule has 8 heteroatoms. The molecule has 2 amide bonds. The summed E-state index contributed by atoms with van der Waals surface area (Å²) in [5.74, 6) is 1.11. The third kappa shape index (κ3) is 5.54. The molecule has 0 fully saturated rings. The van der Waals surface area contributed by atoms with Gasteiger partial charge in [-0.25, -0.2) is 4.79 Å². The van der Waals surface area contributed by atoms with Crippen LogP contribution in [0.4, 0.5) is 18.0 Å². The Morgan fingerprint density at radius 3 is 2.41 bits per heavy atom. The fourth-order valence-electron chi connectivity index (χ4n) is 2.49. The number of benzene rings is 2. The minimum atomic E-state index is -4.43. The molecule has 0 radical (unpaired) electrons. The largest absolute Gasteiger partial charge is 0.493 e. The Bertz CT molecular complexity index is 794. The van der Waals surface area contributed by atoms with Gasteiger partial charge in [0.15, 0.2) is 11.5 Å². The van der Waals surface area contributed by atoms with Gasteiger partial charge in [-0.3, -0.25) is 0 Å². The molecule has 0 bridgehead atoms. The van der Waals surface area contributed by atoms with Gasteiger partial charge in [0.2, 0.25) is 0 Å². The first-order valence-electron chi connectivity index (χ1n) is 8.17. The second kappa shape index (κ2) is 8.66. The average molecular weight is 382 g/mol. The number of carbonyl (C=O) groups excluding carboxylic acids is 1. The highest BCUT2D eigenvalue weighted by atomic mass is 19.4. The van der Waals surface area contributed by atoms with Gasteiger partial charge in [0.05, 0.1) is 25.8 Å². The zero-order valence-electron chi connectivity index (χ0n) is 15.2. The van der Waals surface area contributed by atoms with Gasteiger partial charge in [0.25, 0.3) is 0 Å². The summed E-state index contributed by atoms with van der Waals surface area (Å²) < 4.78 is 48.7. The minimum absolute atomic E-state index is 0.224. The maximum atomic E-state index is 12.8. The van der Waals surface area contributed by atoms with Crippen molar-refractivity contribution in [3.63, 3.8) is 0 Å². The first kappa shape index (κ1) is 20.4. The van der Waals surface area contributed by atoms with Gasteiger partial charge in [0, 0.05) is 6.54 Å². The fraction of sp³-hybridized carbons (Fsp3) is 0.316. The highest BCUT2D eigenvalue weighted by Gasteiger charge is 2.30. The van der Waals surface area contributed by atoms with E-state index in [9.17, 15) is 18.0 Å². The van der Waals surface area contributed by atoms with E-state index in [2.05, 4.69) is 10.6 Å². The molecule has 0 spiro atoms. The lowest BCUT2D eigenvalue weighted by Crippen LogP contribution is -2.36. The van der Waals surface area contributed by atoms with Crippen LogP contribution in [-0.2, 0) is 12.7 Å². The SMILES string of the molecule is COc1ccc(CNC(=O)NC(C)c2cccc(C(F)(F)F)c2)cc1OC. The third-order valence-electron chi connectivity index (χ3n) is 3.96. The predicted molar refractivity (Wildman–Crippen MR) is 94.8 cm³/mol. The molecule has 2 aromatic carbocycles. The molecule has 0 aliphatic heterocycles. The van der Waals surface area contributed by atoms with E-state index in [0.717, 1.165) is 17.7 Å². The van der Waals surface area contributed by atoms with Crippen molar-refractivity contribution in [2.45, 2.75) is 25.7 Å². The van der Waals surface area contributed by atoms with Crippen molar-refractivity contribution >= 4 is 6.03 Å². The number of carbonyl (C=O) groups is 1. The number of halogens is 3. The Kier molecular flexibility index (Phi) is 6.55. The molecule has 27 heavy (non-hydrogen) atoms. The average Bonchev–Trinajstić information content (AvgIpc) is 2.65. The molecule has 2 rings (SSSR count). The Hall–Kier alpha value is -2.90. The monoisotopic (exact) mass is 382 g/mol. The summed E-state index contributed by atoms with van der Waals surface area (Å²) in [6.45, 7) is 1.84. The zero-order chi connectivity index (χ0) is 20.0. The Morgan fingerprint density at radius 2 is 1.78 bits per heavy atom. The number of hydrogen-bond acceptors (Lipinski definition) is 3. The molecule has 1 unspecified atom stereocenters. The summed E-state index contributed by atoms with van der Waals surface area (Å²) in [5, 5.41) is 5.29. The molecule has 146 valence electrons. The summed E-state index contributed by atoms with van der Waals surface area (Å²) in [6.07, 6.45) is -4.43. The molecule has 0 aliphatic carbocycles. The van der Waals surface area contributed by atoms with Crippen LogP contribution >= 0.6 is 0 Å². The second-order valence-electron chi connectivity index (χ2n) is 5.86. The maximum absolute atomic E-state index is 12.8. The van der Waals surface area contributed by atoms with Crippen LogP contribution in [0, 0.1) is 0 Å². The van der Waals surface area contributed by atoms with E-state index >= 15 is 0 Å². The molecule has 2 aromatic rings. The maximum Gasteiger partial charge on any atom is 0.416 e. The zero-order valence-corrected chi connectivity index (χ0v) is 15.2. The van der Waals surface area contributed by atoms with Crippen molar-refractivity contribution in [2.24, 2.45) is 0 Å². The van der Waals surface area contributed by atoms with Crippen LogP contribution < -0.4 is 20.1 Å². The summed E-state index contributed by atoms with van der Waals surface area (Å²) >= 11 is 0. The number of nitrogens with one attached hydrogen (secondary N) is 2. The Labute approximate surface area is 155 Å². The molecule has 0 saturated heterocycles. The van der Waals surface area contributed by atoms with E-state index in [1.54, 1.807) is 25.1 Å². The Morgan fingerprint density at radius 1 is 1.07 bits per heavy atom. The molecular formula is C19H21F3N2O3. The molecule has 2 N–H and O–H groups in total. The van der Waals surface area contributed by atoms with E-state index in [1.807, 2.05) is 0 Å². The number of hydrogen-bond donors (Lipinski definition) is 2. The van der Waals surface area contributed by atoms with Crippen LogP contribution in [0.3, 0.4) is 0 Å². The van der Waals surface area contributed by atoms with Gasteiger partial charge in [-0.15, -0.1) is 0 Å². The van der Waals surface area contributed by atoms with Crippen molar-refractivity contribution in [1.29, 1.82) is 0 Å². The number of methoxy groups -OCH3 is 2. The highest BCUT2D eigenvalue weighted by molar-refractivity contribution is 5.74. The summed E-state index contributed by atoms with van der Waals surface area (Å²) in [5.41, 5.74) is 0.403. The summed E-state index contributed by atoms with van der Waals surface area (Å²) in [7, 11) is 3.04. The lowest BCUT2D eigenvalue weighted by atomic mass is 10.1. The summed E-state index contributed by atoms with van der Waals surface area (Å²) in [4.78, 5) is 12.1. The fourth-order valence-corrected chi connectivity index (χ4v) is 2.49. The minimum Gasteiger partial charge on any atom is -0.493 e. The molecule has 0 aromatic heterocycles. The molecule has 0 heterocycles. The summed E-state index contributed by atoms with van der Waals surface area (Å²) in [6, 6.07) is 9.03. The predicted octanol–water partition coefficient (Wildman–Crippen LogP) is 4.28. The van der Waals surface area contributed by atoms with Gasteiger partial charge < -0.3 is 20.1 Å². The number of alkyl halides is 3. The van der Waals surface area contributed by atoms with Gasteiger partial charge >= 0.3 is 12.2 Å². The number of ether oxygens (including phenoxy) is 2. The van der Waals surface area contributed by atoms with Crippen LogP contribution in [0.25, 0.3) is 0 Å². The van der Waals surface area contributed by atoms with Crippen molar-refractivity contribution in [3.8, 4) is 11.5 Å². The third-order valence-corrected chi connectivity index (χ3v) is 3.96. The highest BCUT2D eigenvalue weighted by Crippen LogP contribution is 2.30. The molecule has 1 atom stereocenters. The van der Waals surface area contributed by atoms with E-state index in [0.29, 0.717) is 17.1 Å². The molecular weight excluding hydrogens is 361 g/mol. The second-order valence-corrected chi connectivity index (χ2v) is 5.86. The lowest BCUT2D eigenvalue weighted by Gasteiger charge is -2.17. The van der Waals surface area contributed by atoms with E-state index in [4.69, 9.17) is 9.47 Å². The molecule has 0 saturated carbocycles. The molecule has 5 nitrogen and oxygen atoms in total. The Balaban J connectivity index is 1.96. The van der Waals surface area contributed by atoms with Crippen molar-refractivity contribution in [1.82, 2.24) is 10.6 Å². The van der Waals surface area contributed by atoms with Crippen LogP contribution in [0.15, 0.2) is 42.5 Å². The normalized spacial score (nSPS) is 12.2. The van der Waals surface area contributed by atoms with E-state index in [1.165, 1.54) is 26.4 Å². The topological polar surface area (TPSA) is 59.6 Å². The van der Waals surface area contributed by atoms with Gasteiger partial charge in [0.1, 0.15) is 0 Å². The number of amides is 2. The standard InChI is InChI=1S/C19H21F3N2O3/c1-12(14-5-4-6-15(10-14)19(20,21)22)24-18(25)23-11-13-7-8-16(26-2)17(9-13)27-3/h4-10,12H,11H2,1-3H3,(H2,23,24,25). The van der Waals surface area contributed by atoms with Gasteiger partial charge in [-0.1, -0.05) is 18.2 Å². The quantitative estimate of drug-likeness (QED) is 0.784.